The quantitative estimate of drug-likeness (QED) is 0.334. The highest BCUT2D eigenvalue weighted by atomic mass is 32.1. The summed E-state index contributed by atoms with van der Waals surface area (Å²) in [5, 5.41) is 3.31. The Morgan fingerprint density at radius 3 is 2.48 bits per heavy atom. The largest absolute Gasteiger partial charge is 0.448 e. The summed E-state index contributed by atoms with van der Waals surface area (Å²) in [6, 6.07) is 19.8. The van der Waals surface area contributed by atoms with Crippen LogP contribution in [-0.4, -0.2) is 29.2 Å². The van der Waals surface area contributed by atoms with Crippen molar-refractivity contribution < 1.29 is 19.1 Å². The topological polar surface area (TPSA) is 88.3 Å². The van der Waals surface area contributed by atoms with Gasteiger partial charge in [0.25, 0.3) is 5.91 Å². The van der Waals surface area contributed by atoms with Crippen molar-refractivity contribution in [2.24, 2.45) is 0 Å². The molecule has 4 rings (SSSR count). The first-order chi connectivity index (χ1) is 15.0. The van der Waals surface area contributed by atoms with Crippen molar-refractivity contribution in [2.75, 3.05) is 6.54 Å². The molecule has 0 bridgehead atoms. The van der Waals surface area contributed by atoms with Gasteiger partial charge in [-0.05, 0) is 25.1 Å². The molecule has 0 aliphatic rings. The summed E-state index contributed by atoms with van der Waals surface area (Å²) in [4.78, 5) is 42.6. The van der Waals surface area contributed by atoms with Crippen molar-refractivity contribution in [1.82, 2.24) is 10.3 Å². The van der Waals surface area contributed by atoms with E-state index in [-0.39, 0.29) is 18.2 Å². The van der Waals surface area contributed by atoms with Gasteiger partial charge in [-0.15, -0.1) is 11.3 Å². The molecular weight excluding hydrogens is 412 g/mol. The van der Waals surface area contributed by atoms with Crippen LogP contribution in [0.3, 0.4) is 0 Å². The number of fused-ring (bicyclic) bond motifs is 1. The highest BCUT2D eigenvalue weighted by molar-refractivity contribution is 7.13. The number of esters is 1. The fourth-order valence-electron chi connectivity index (χ4n) is 3.29. The Kier molecular flexibility index (Phi) is 5.95. The summed E-state index contributed by atoms with van der Waals surface area (Å²) in [6.07, 6.45) is 0.506. The second-order valence-corrected chi connectivity index (χ2v) is 8.27. The Morgan fingerprint density at radius 1 is 1.00 bits per heavy atom. The molecule has 1 amide bonds. The number of H-pyrrole nitrogens is 1. The van der Waals surface area contributed by atoms with E-state index >= 15 is 0 Å². The lowest BCUT2D eigenvalue weighted by atomic mass is 9.99. The molecule has 4 aromatic rings. The van der Waals surface area contributed by atoms with E-state index in [9.17, 15) is 14.4 Å². The van der Waals surface area contributed by atoms with Crippen molar-refractivity contribution in [3.8, 4) is 0 Å². The molecule has 2 N–H and O–H groups in total. The Morgan fingerprint density at radius 2 is 1.74 bits per heavy atom. The lowest BCUT2D eigenvalue weighted by Crippen LogP contribution is -2.32. The van der Waals surface area contributed by atoms with E-state index in [4.69, 9.17) is 4.74 Å². The minimum Gasteiger partial charge on any atom is -0.448 e. The van der Waals surface area contributed by atoms with Gasteiger partial charge in [0, 0.05) is 33.1 Å². The molecule has 0 aliphatic heterocycles. The lowest BCUT2D eigenvalue weighted by molar-refractivity contribution is -0.146. The fraction of sp³-hybridized carbons (Fsp3) is 0.125. The van der Waals surface area contributed by atoms with Crippen molar-refractivity contribution in [2.45, 2.75) is 13.0 Å². The number of amides is 1. The number of Topliss-reactive ketones (excluding diaryl/α,β-unsaturated/α-hetero) is 1. The first-order valence-electron chi connectivity index (χ1n) is 9.72. The van der Waals surface area contributed by atoms with Gasteiger partial charge in [0.15, 0.2) is 6.10 Å². The van der Waals surface area contributed by atoms with E-state index in [1.165, 1.54) is 11.3 Å². The Hall–Kier alpha value is -3.71. The van der Waals surface area contributed by atoms with E-state index < -0.39 is 12.1 Å². The number of aromatic nitrogens is 1. The number of benzene rings is 2. The van der Waals surface area contributed by atoms with Gasteiger partial charge in [0.05, 0.1) is 4.88 Å². The zero-order chi connectivity index (χ0) is 21.8. The smallest absolute Gasteiger partial charge is 0.326 e. The van der Waals surface area contributed by atoms with Gasteiger partial charge in [-0.2, -0.15) is 0 Å². The number of rotatable bonds is 7. The normalized spacial score (nSPS) is 11.8. The highest BCUT2D eigenvalue weighted by Gasteiger charge is 2.28. The van der Waals surface area contributed by atoms with Gasteiger partial charge in [0.2, 0.25) is 5.78 Å². The van der Waals surface area contributed by atoms with Gasteiger partial charge in [-0.1, -0.05) is 48.5 Å². The maximum Gasteiger partial charge on any atom is 0.326 e. The number of hydrogen-bond acceptors (Lipinski definition) is 5. The first-order valence-corrected chi connectivity index (χ1v) is 10.5. The second kappa shape index (κ2) is 8.97. The van der Waals surface area contributed by atoms with Crippen LogP contribution in [0.2, 0.25) is 0 Å². The number of ether oxygens (including phenoxy) is 1. The van der Waals surface area contributed by atoms with E-state index in [2.05, 4.69) is 10.3 Å². The average Bonchev–Trinajstić information content (AvgIpc) is 3.42. The molecule has 0 radical (unpaired) electrons. The fourth-order valence-corrected chi connectivity index (χ4v) is 4.07. The molecule has 156 valence electrons. The lowest BCUT2D eigenvalue weighted by Gasteiger charge is -2.17. The van der Waals surface area contributed by atoms with Crippen LogP contribution in [0, 0.1) is 6.92 Å². The third kappa shape index (κ3) is 4.57. The third-order valence-electron chi connectivity index (χ3n) is 4.80. The summed E-state index contributed by atoms with van der Waals surface area (Å²) in [5.41, 5.74) is 1.82. The van der Waals surface area contributed by atoms with E-state index in [0.29, 0.717) is 16.0 Å². The van der Waals surface area contributed by atoms with Crippen LogP contribution < -0.4 is 5.32 Å². The molecule has 0 aliphatic carbocycles. The molecule has 2 aromatic carbocycles. The summed E-state index contributed by atoms with van der Waals surface area (Å²) in [7, 11) is 0. The second-order valence-electron chi connectivity index (χ2n) is 6.99. The van der Waals surface area contributed by atoms with E-state index in [1.54, 1.807) is 36.5 Å². The summed E-state index contributed by atoms with van der Waals surface area (Å²) >= 11 is 1.34. The van der Waals surface area contributed by atoms with Crippen molar-refractivity contribution in [3.05, 3.63) is 93.8 Å². The number of thiophene rings is 1. The number of nitrogens with one attached hydrogen (secondary N) is 2. The van der Waals surface area contributed by atoms with Gasteiger partial charge in [-0.3, -0.25) is 14.4 Å². The predicted octanol–water partition coefficient (Wildman–Crippen LogP) is 4.44. The molecule has 0 saturated carbocycles. The Labute approximate surface area is 182 Å². The van der Waals surface area contributed by atoms with Crippen LogP contribution in [0.25, 0.3) is 10.9 Å². The number of ketones is 1. The molecule has 2 heterocycles. The zero-order valence-electron chi connectivity index (χ0n) is 16.8. The molecule has 1 unspecified atom stereocenters. The maximum absolute atomic E-state index is 13.3. The molecule has 6 nitrogen and oxygen atoms in total. The number of carbonyl (C=O) groups excluding carboxylic acids is 3. The zero-order valence-corrected chi connectivity index (χ0v) is 17.6. The first kappa shape index (κ1) is 20.6. The monoisotopic (exact) mass is 432 g/mol. The molecule has 0 spiro atoms. The molecule has 1 atom stereocenters. The van der Waals surface area contributed by atoms with Crippen molar-refractivity contribution in [3.63, 3.8) is 0 Å². The third-order valence-corrected chi connectivity index (χ3v) is 5.80. The summed E-state index contributed by atoms with van der Waals surface area (Å²) in [5.74, 6) is -1.38. The van der Waals surface area contributed by atoms with Gasteiger partial charge >= 0.3 is 5.97 Å². The Bertz CT molecular complexity index is 1240. The predicted molar refractivity (Wildman–Crippen MR) is 119 cm³/mol. The van der Waals surface area contributed by atoms with E-state index in [1.807, 2.05) is 43.3 Å². The van der Waals surface area contributed by atoms with E-state index in [0.717, 1.165) is 15.8 Å². The number of carbonyl (C=O) groups is 3. The summed E-state index contributed by atoms with van der Waals surface area (Å²) < 4.78 is 5.55. The standard InChI is InChI=1S/C24H20N2O4S/c1-15-11-12-20(31-15)24(29)26-14-21(27)30-23(16-7-3-2-4-8-16)22(28)18-13-25-19-10-6-5-9-17(18)19/h2-13,23,25H,14H2,1H3,(H,26,29). The van der Waals surface area contributed by atoms with Crippen molar-refractivity contribution >= 4 is 39.9 Å². The van der Waals surface area contributed by atoms with Crippen LogP contribution in [0.15, 0.2) is 72.9 Å². The maximum atomic E-state index is 13.3. The number of para-hydroxylation sites is 1. The van der Waals surface area contributed by atoms with Crippen LogP contribution in [-0.2, 0) is 9.53 Å². The molecule has 0 saturated heterocycles. The SMILES string of the molecule is Cc1ccc(C(=O)NCC(=O)OC(C(=O)c2c[nH]c3ccccc23)c2ccccc2)s1. The number of hydrogen-bond donors (Lipinski definition) is 2. The van der Waals surface area contributed by atoms with Gasteiger partial charge in [-0.25, -0.2) is 0 Å². The highest BCUT2D eigenvalue weighted by Crippen LogP contribution is 2.27. The van der Waals surface area contributed by atoms with Crippen LogP contribution in [0.4, 0.5) is 0 Å². The van der Waals surface area contributed by atoms with Crippen molar-refractivity contribution in [1.29, 1.82) is 0 Å². The Balaban J connectivity index is 1.52. The molecule has 2 aromatic heterocycles. The van der Waals surface area contributed by atoms with Crippen LogP contribution in [0.1, 0.15) is 36.6 Å². The molecule has 0 fully saturated rings. The minimum atomic E-state index is -1.12. The molecule has 31 heavy (non-hydrogen) atoms. The average molecular weight is 433 g/mol. The van der Waals surface area contributed by atoms with Gasteiger partial charge in [0.1, 0.15) is 6.54 Å². The molecule has 7 heteroatoms. The minimum absolute atomic E-state index is 0.333. The van der Waals surface area contributed by atoms with Crippen LogP contribution >= 0.6 is 11.3 Å². The molecular formula is C24H20N2O4S. The summed E-state index contributed by atoms with van der Waals surface area (Å²) in [6.45, 7) is 1.57. The van der Waals surface area contributed by atoms with Gasteiger partial charge < -0.3 is 15.0 Å². The number of aryl methyl sites for hydroxylation is 1. The number of aromatic amines is 1. The van der Waals surface area contributed by atoms with Crippen LogP contribution in [0.5, 0.6) is 0 Å².